The van der Waals surface area contributed by atoms with Gasteiger partial charge in [0, 0.05) is 25.4 Å². The molecule has 1 aromatic carbocycles. The molecular formula is C18H18N4O5S. The highest BCUT2D eigenvalue weighted by atomic mass is 32.2. The van der Waals surface area contributed by atoms with E-state index in [-0.39, 0.29) is 17.0 Å². The van der Waals surface area contributed by atoms with E-state index in [1.807, 2.05) is 0 Å². The number of amides is 1. The van der Waals surface area contributed by atoms with E-state index in [1.54, 1.807) is 18.2 Å². The quantitative estimate of drug-likeness (QED) is 0.690. The lowest BCUT2D eigenvalue weighted by molar-refractivity contribution is -0.116. The van der Waals surface area contributed by atoms with Crippen LogP contribution in [0.5, 0.6) is 0 Å². The molecule has 0 radical (unpaired) electrons. The van der Waals surface area contributed by atoms with Crippen LogP contribution in [0.4, 0.5) is 5.82 Å². The maximum atomic E-state index is 12.7. The van der Waals surface area contributed by atoms with Crippen LogP contribution in [0.2, 0.25) is 0 Å². The summed E-state index contributed by atoms with van der Waals surface area (Å²) in [6.07, 6.45) is 3.20. The molecule has 2 aromatic heterocycles. The van der Waals surface area contributed by atoms with Crippen LogP contribution in [0.3, 0.4) is 0 Å². The Hall–Kier alpha value is -2.98. The third-order valence-corrected chi connectivity index (χ3v) is 6.47. The number of aromatic nitrogens is 2. The second-order valence-electron chi connectivity index (χ2n) is 6.46. The maximum Gasteiger partial charge on any atom is 0.420 e. The van der Waals surface area contributed by atoms with E-state index < -0.39 is 21.7 Å². The summed E-state index contributed by atoms with van der Waals surface area (Å²) in [5.74, 6) is -0.813. The number of carbonyl (C=O) groups excluding carboxylic acids is 1. The highest BCUT2D eigenvalue weighted by Gasteiger charge is 2.28. The van der Waals surface area contributed by atoms with Crippen molar-refractivity contribution in [3.63, 3.8) is 0 Å². The van der Waals surface area contributed by atoms with Crippen LogP contribution in [-0.4, -0.2) is 41.3 Å². The molecule has 0 unspecified atom stereocenters. The van der Waals surface area contributed by atoms with E-state index in [0.29, 0.717) is 24.4 Å². The Morgan fingerprint density at radius 3 is 2.68 bits per heavy atom. The van der Waals surface area contributed by atoms with Gasteiger partial charge in [0.2, 0.25) is 15.9 Å². The van der Waals surface area contributed by atoms with E-state index >= 15 is 0 Å². The minimum Gasteiger partial charge on any atom is -0.408 e. The van der Waals surface area contributed by atoms with Gasteiger partial charge in [0.05, 0.1) is 10.4 Å². The molecule has 10 heteroatoms. The van der Waals surface area contributed by atoms with Crippen LogP contribution < -0.4 is 11.1 Å². The summed E-state index contributed by atoms with van der Waals surface area (Å²) in [4.78, 5) is 28.5. The molecule has 146 valence electrons. The van der Waals surface area contributed by atoms with E-state index in [9.17, 15) is 18.0 Å². The van der Waals surface area contributed by atoms with Crippen molar-refractivity contribution >= 4 is 32.8 Å². The first-order valence-electron chi connectivity index (χ1n) is 8.79. The number of sulfonamides is 1. The van der Waals surface area contributed by atoms with Gasteiger partial charge < -0.3 is 9.73 Å². The van der Waals surface area contributed by atoms with Gasteiger partial charge in [-0.3, -0.25) is 9.36 Å². The molecule has 3 aromatic rings. The maximum absolute atomic E-state index is 12.7. The number of hydrogen-bond donors (Lipinski definition) is 1. The van der Waals surface area contributed by atoms with Gasteiger partial charge >= 0.3 is 5.76 Å². The van der Waals surface area contributed by atoms with Crippen molar-refractivity contribution in [2.24, 2.45) is 0 Å². The lowest BCUT2D eigenvalue weighted by Crippen LogP contribution is -2.27. The van der Waals surface area contributed by atoms with Gasteiger partial charge in [-0.25, -0.2) is 18.2 Å². The molecule has 1 amide bonds. The van der Waals surface area contributed by atoms with Crippen molar-refractivity contribution in [1.29, 1.82) is 0 Å². The molecule has 1 aliphatic heterocycles. The lowest BCUT2D eigenvalue weighted by Gasteiger charge is -2.15. The average Bonchev–Trinajstić information content (AvgIpc) is 3.31. The number of nitrogens with zero attached hydrogens (tertiary/aromatic N) is 3. The van der Waals surface area contributed by atoms with Crippen LogP contribution >= 0.6 is 0 Å². The smallest absolute Gasteiger partial charge is 0.408 e. The second-order valence-corrected chi connectivity index (χ2v) is 8.40. The number of pyridine rings is 1. The first-order chi connectivity index (χ1) is 13.4. The van der Waals surface area contributed by atoms with Crippen LogP contribution in [-0.2, 0) is 21.4 Å². The largest absolute Gasteiger partial charge is 0.420 e. The standard InChI is InChI=1S/C18H18N4O5S/c23-17(20-16-5-1-2-8-19-16)12-22-14-7-6-13(11-15(14)27-18(22)24)28(25,26)21-9-3-4-10-21/h1-2,5-8,11H,3-4,9-10,12H2,(H,19,20,23). The second kappa shape index (κ2) is 7.21. The Morgan fingerprint density at radius 2 is 1.96 bits per heavy atom. The molecule has 0 aliphatic carbocycles. The summed E-state index contributed by atoms with van der Waals surface area (Å²) < 4.78 is 33.1. The molecule has 1 aliphatic rings. The average molecular weight is 402 g/mol. The van der Waals surface area contributed by atoms with Gasteiger partial charge in [-0.05, 0) is 37.1 Å². The molecule has 28 heavy (non-hydrogen) atoms. The Bertz CT molecular complexity index is 1180. The third-order valence-electron chi connectivity index (χ3n) is 4.58. The zero-order valence-electron chi connectivity index (χ0n) is 14.9. The van der Waals surface area contributed by atoms with Crippen molar-refractivity contribution in [3.8, 4) is 0 Å². The number of fused-ring (bicyclic) bond motifs is 1. The van der Waals surface area contributed by atoms with Crippen LogP contribution in [0.25, 0.3) is 11.1 Å². The topological polar surface area (TPSA) is 115 Å². The zero-order chi connectivity index (χ0) is 19.7. The van der Waals surface area contributed by atoms with Crippen molar-refractivity contribution in [3.05, 3.63) is 53.1 Å². The molecule has 0 saturated carbocycles. The summed E-state index contributed by atoms with van der Waals surface area (Å²) in [6.45, 7) is 0.693. The van der Waals surface area contributed by atoms with E-state index in [1.165, 1.54) is 28.7 Å². The molecule has 1 fully saturated rings. The van der Waals surface area contributed by atoms with E-state index in [0.717, 1.165) is 17.4 Å². The van der Waals surface area contributed by atoms with Crippen molar-refractivity contribution < 1.29 is 17.6 Å². The summed E-state index contributed by atoms with van der Waals surface area (Å²) in [5.41, 5.74) is 0.470. The lowest BCUT2D eigenvalue weighted by atomic mass is 10.3. The zero-order valence-corrected chi connectivity index (χ0v) is 15.7. The minimum absolute atomic E-state index is 0.0701. The Kier molecular flexibility index (Phi) is 4.73. The van der Waals surface area contributed by atoms with Crippen molar-refractivity contribution in [2.45, 2.75) is 24.3 Å². The summed E-state index contributed by atoms with van der Waals surface area (Å²) in [5, 5.41) is 2.59. The van der Waals surface area contributed by atoms with Gasteiger partial charge in [0.15, 0.2) is 5.58 Å². The predicted octanol–water partition coefficient (Wildman–Crippen LogP) is 1.41. The fraction of sp³-hybridized carbons (Fsp3) is 0.278. The van der Waals surface area contributed by atoms with Gasteiger partial charge in [-0.15, -0.1) is 0 Å². The van der Waals surface area contributed by atoms with Gasteiger partial charge in [0.1, 0.15) is 12.4 Å². The SMILES string of the molecule is O=C(Cn1c(=O)oc2cc(S(=O)(=O)N3CCCC3)ccc21)Nc1ccccn1. The summed E-state index contributed by atoms with van der Waals surface area (Å²) in [7, 11) is -3.62. The molecule has 0 spiro atoms. The molecule has 0 atom stereocenters. The third kappa shape index (κ3) is 3.43. The van der Waals surface area contributed by atoms with Gasteiger partial charge in [-0.1, -0.05) is 6.07 Å². The Morgan fingerprint density at radius 1 is 1.18 bits per heavy atom. The van der Waals surface area contributed by atoms with Crippen LogP contribution in [0, 0.1) is 0 Å². The molecule has 3 heterocycles. The highest BCUT2D eigenvalue weighted by Crippen LogP contribution is 2.24. The highest BCUT2D eigenvalue weighted by molar-refractivity contribution is 7.89. The molecule has 9 nitrogen and oxygen atoms in total. The van der Waals surface area contributed by atoms with E-state index in [2.05, 4.69) is 10.3 Å². The number of oxazole rings is 1. The molecule has 1 N–H and O–H groups in total. The molecule has 4 rings (SSSR count). The molecular weight excluding hydrogens is 384 g/mol. The fourth-order valence-electron chi connectivity index (χ4n) is 3.20. The Labute approximate surface area is 160 Å². The number of hydrogen-bond acceptors (Lipinski definition) is 6. The van der Waals surface area contributed by atoms with Crippen molar-refractivity contribution in [2.75, 3.05) is 18.4 Å². The van der Waals surface area contributed by atoms with Gasteiger partial charge in [-0.2, -0.15) is 4.31 Å². The number of rotatable bonds is 5. The van der Waals surface area contributed by atoms with Crippen LogP contribution in [0.15, 0.2) is 56.7 Å². The monoisotopic (exact) mass is 402 g/mol. The summed E-state index contributed by atoms with van der Waals surface area (Å²) >= 11 is 0. The number of carbonyl (C=O) groups is 1. The normalized spacial score (nSPS) is 15.1. The number of anilines is 1. The number of benzene rings is 1. The van der Waals surface area contributed by atoms with E-state index in [4.69, 9.17) is 4.42 Å². The molecule has 1 saturated heterocycles. The van der Waals surface area contributed by atoms with Gasteiger partial charge in [0.25, 0.3) is 0 Å². The summed E-state index contributed by atoms with van der Waals surface area (Å²) in [6, 6.07) is 9.32. The first kappa shape index (κ1) is 18.4. The number of nitrogens with one attached hydrogen (secondary N) is 1. The van der Waals surface area contributed by atoms with Crippen molar-refractivity contribution in [1.82, 2.24) is 13.9 Å². The minimum atomic E-state index is -3.62. The Balaban J connectivity index is 1.61. The van der Waals surface area contributed by atoms with Crippen LogP contribution in [0.1, 0.15) is 12.8 Å². The fourth-order valence-corrected chi connectivity index (χ4v) is 4.73. The predicted molar refractivity (Wildman–Crippen MR) is 101 cm³/mol. The molecule has 0 bridgehead atoms. The first-order valence-corrected chi connectivity index (χ1v) is 10.2.